The Kier molecular flexibility index (Phi) is 7.49. The van der Waals surface area contributed by atoms with Crippen molar-refractivity contribution in [3.63, 3.8) is 0 Å². The lowest BCUT2D eigenvalue weighted by Gasteiger charge is -2.04. The Bertz CT molecular complexity index is 671. The van der Waals surface area contributed by atoms with Gasteiger partial charge in [-0.3, -0.25) is 0 Å². The number of carbonyl (C=O) groups excluding carboxylic acids is 1. The predicted octanol–water partition coefficient (Wildman–Crippen LogP) is 3.99. The molecule has 0 saturated carbocycles. The molecule has 0 atom stereocenters. The second-order valence-corrected chi connectivity index (χ2v) is 4.16. The fourth-order valence-electron chi connectivity index (χ4n) is 1.67. The van der Waals surface area contributed by atoms with E-state index in [-0.39, 0.29) is 0 Å². The minimum absolute atomic E-state index is 0.300. The van der Waals surface area contributed by atoms with Crippen LogP contribution in [0.5, 0.6) is 0 Å². The van der Waals surface area contributed by atoms with Crippen LogP contribution < -0.4 is 0 Å². The molecule has 0 saturated heterocycles. The first-order valence-corrected chi connectivity index (χ1v) is 6.64. The minimum Gasteiger partial charge on any atom is -0.465 e. The molecule has 0 N–H and O–H groups in total. The first-order chi connectivity index (χ1) is 10.7. The highest BCUT2D eigenvalue weighted by Gasteiger charge is 2.09. The maximum absolute atomic E-state index is 11.9. The van der Waals surface area contributed by atoms with Gasteiger partial charge in [-0.15, -0.1) is 0 Å². The molecule has 0 unspecified atom stereocenters. The van der Waals surface area contributed by atoms with Gasteiger partial charge >= 0.3 is 5.97 Å². The Balaban J connectivity index is 3.31. The number of benzene rings is 1. The van der Waals surface area contributed by atoms with Gasteiger partial charge in [-0.25, -0.2) is 4.79 Å². The van der Waals surface area contributed by atoms with Crippen LogP contribution in [0.4, 0.5) is 0 Å². The lowest BCUT2D eigenvalue weighted by Crippen LogP contribution is -2.04. The summed E-state index contributed by atoms with van der Waals surface area (Å²) < 4.78 is 4.77. The Morgan fingerprint density at radius 3 is 2.55 bits per heavy atom. The normalized spacial score (nSPS) is 12.4. The second kappa shape index (κ2) is 9.73. The summed E-state index contributed by atoms with van der Waals surface area (Å²) in [5.74, 6) is -0.507. The van der Waals surface area contributed by atoms with Gasteiger partial charge in [0.1, 0.15) is 0 Å². The van der Waals surface area contributed by atoms with Crippen LogP contribution in [0.15, 0.2) is 84.5 Å². The van der Waals surface area contributed by atoms with Gasteiger partial charge in [0.05, 0.1) is 18.8 Å². The van der Waals surface area contributed by atoms with E-state index in [0.29, 0.717) is 11.1 Å². The second-order valence-electron chi connectivity index (χ2n) is 4.16. The van der Waals surface area contributed by atoms with Crippen molar-refractivity contribution in [3.05, 3.63) is 90.1 Å². The summed E-state index contributed by atoms with van der Waals surface area (Å²) >= 11 is 0. The summed E-state index contributed by atoms with van der Waals surface area (Å²) in [6, 6.07) is 11.6. The molecule has 0 radical (unpaired) electrons. The van der Waals surface area contributed by atoms with Crippen LogP contribution in [-0.4, -0.2) is 13.1 Å². The number of hydrogen-bond donors (Lipinski definition) is 0. The van der Waals surface area contributed by atoms with Crippen molar-refractivity contribution in [2.24, 2.45) is 0 Å². The van der Waals surface area contributed by atoms with Gasteiger partial charge in [-0.05, 0) is 17.2 Å². The van der Waals surface area contributed by atoms with E-state index in [1.54, 1.807) is 24.3 Å². The number of methoxy groups -OCH3 is 1. The molecule has 0 bridgehead atoms. The average Bonchev–Trinajstić information content (AvgIpc) is 2.57. The third-order valence-electron chi connectivity index (χ3n) is 2.71. The van der Waals surface area contributed by atoms with Gasteiger partial charge in [0.15, 0.2) is 0 Å². The molecule has 3 nitrogen and oxygen atoms in total. The molecule has 22 heavy (non-hydrogen) atoms. The third kappa shape index (κ3) is 5.48. The quantitative estimate of drug-likeness (QED) is 0.344. The minimum atomic E-state index is -0.507. The van der Waals surface area contributed by atoms with Crippen molar-refractivity contribution in [1.82, 2.24) is 0 Å². The first kappa shape index (κ1) is 16.9. The maximum atomic E-state index is 11.9. The number of rotatable bonds is 6. The lowest BCUT2D eigenvalue weighted by atomic mass is 10.0. The average molecular weight is 291 g/mol. The summed E-state index contributed by atoms with van der Waals surface area (Å²) in [5, 5.41) is 8.67. The Hall–Kier alpha value is -3.12. The van der Waals surface area contributed by atoms with Gasteiger partial charge < -0.3 is 4.74 Å². The van der Waals surface area contributed by atoms with E-state index in [1.807, 2.05) is 42.5 Å². The van der Waals surface area contributed by atoms with E-state index < -0.39 is 5.97 Å². The Morgan fingerprint density at radius 1 is 1.23 bits per heavy atom. The molecule has 0 heterocycles. The molecule has 0 aliphatic carbocycles. The molecular formula is C19H17NO2. The molecule has 0 aromatic heterocycles. The van der Waals surface area contributed by atoms with Gasteiger partial charge in [-0.2, -0.15) is 5.26 Å². The predicted molar refractivity (Wildman–Crippen MR) is 88.6 cm³/mol. The van der Waals surface area contributed by atoms with Crippen molar-refractivity contribution in [2.75, 3.05) is 7.11 Å². The van der Waals surface area contributed by atoms with Crippen molar-refractivity contribution in [3.8, 4) is 6.07 Å². The number of esters is 1. The Morgan fingerprint density at radius 2 is 1.95 bits per heavy atom. The Labute approximate surface area is 130 Å². The van der Waals surface area contributed by atoms with E-state index >= 15 is 0 Å². The van der Waals surface area contributed by atoms with E-state index in [0.717, 1.165) is 5.56 Å². The van der Waals surface area contributed by atoms with Crippen LogP contribution >= 0.6 is 0 Å². The standard InChI is InChI=1S/C19H17NO2/c1-3-4-11-17(14-13-16-9-6-5-7-10-16)18(12-8-15-20)19(21)22-2/h3-14H,1H2,2H3. The van der Waals surface area contributed by atoms with Crippen molar-refractivity contribution in [1.29, 1.82) is 5.26 Å². The summed E-state index contributed by atoms with van der Waals surface area (Å²) in [7, 11) is 1.30. The van der Waals surface area contributed by atoms with Crippen LogP contribution in [0.3, 0.4) is 0 Å². The highest BCUT2D eigenvalue weighted by molar-refractivity contribution is 5.94. The molecule has 0 fully saturated rings. The SMILES string of the molecule is C=CC=CC(C=Cc1ccccc1)=C(C=CC#N)C(=O)OC. The number of carbonyl (C=O) groups is 1. The number of nitriles is 1. The van der Waals surface area contributed by atoms with E-state index in [1.165, 1.54) is 19.3 Å². The summed E-state index contributed by atoms with van der Waals surface area (Å²) in [6.07, 6.45) is 11.4. The van der Waals surface area contributed by atoms with E-state index in [9.17, 15) is 4.79 Å². The molecule has 0 aliphatic heterocycles. The van der Waals surface area contributed by atoms with E-state index in [2.05, 4.69) is 6.58 Å². The summed E-state index contributed by atoms with van der Waals surface area (Å²) in [5.41, 5.74) is 1.93. The zero-order chi connectivity index (χ0) is 16.2. The number of ether oxygens (including phenoxy) is 1. The number of nitrogens with zero attached hydrogens (tertiary/aromatic N) is 1. The zero-order valence-electron chi connectivity index (χ0n) is 12.4. The zero-order valence-corrected chi connectivity index (χ0v) is 12.4. The first-order valence-electron chi connectivity index (χ1n) is 6.64. The smallest absolute Gasteiger partial charge is 0.338 e. The van der Waals surface area contributed by atoms with Crippen molar-refractivity contribution in [2.45, 2.75) is 0 Å². The maximum Gasteiger partial charge on any atom is 0.338 e. The van der Waals surface area contributed by atoms with Crippen LogP contribution in [0.25, 0.3) is 6.08 Å². The fraction of sp³-hybridized carbons (Fsp3) is 0.0526. The molecule has 0 amide bonds. The molecule has 110 valence electrons. The molecular weight excluding hydrogens is 274 g/mol. The van der Waals surface area contributed by atoms with Gasteiger partial charge in [0.2, 0.25) is 0 Å². The van der Waals surface area contributed by atoms with Gasteiger partial charge in [0.25, 0.3) is 0 Å². The van der Waals surface area contributed by atoms with E-state index in [4.69, 9.17) is 10.00 Å². The molecule has 0 spiro atoms. The summed E-state index contributed by atoms with van der Waals surface area (Å²) in [6.45, 7) is 3.62. The molecule has 1 rings (SSSR count). The monoisotopic (exact) mass is 291 g/mol. The molecule has 1 aromatic rings. The molecule has 3 heteroatoms. The van der Waals surface area contributed by atoms with Crippen LogP contribution in [0.2, 0.25) is 0 Å². The van der Waals surface area contributed by atoms with Crippen LogP contribution in [0, 0.1) is 11.3 Å². The van der Waals surface area contributed by atoms with Crippen molar-refractivity contribution >= 4 is 12.0 Å². The fourth-order valence-corrected chi connectivity index (χ4v) is 1.67. The highest BCUT2D eigenvalue weighted by atomic mass is 16.5. The lowest BCUT2D eigenvalue weighted by molar-refractivity contribution is -0.135. The number of allylic oxidation sites excluding steroid dienone is 6. The van der Waals surface area contributed by atoms with Gasteiger partial charge in [-0.1, -0.05) is 67.3 Å². The van der Waals surface area contributed by atoms with Crippen LogP contribution in [0.1, 0.15) is 5.56 Å². The summed E-state index contributed by atoms with van der Waals surface area (Å²) in [4.78, 5) is 11.9. The largest absolute Gasteiger partial charge is 0.465 e. The highest BCUT2D eigenvalue weighted by Crippen LogP contribution is 2.14. The van der Waals surface area contributed by atoms with Gasteiger partial charge in [0, 0.05) is 6.08 Å². The molecule has 0 aliphatic rings. The molecule has 1 aromatic carbocycles. The number of hydrogen-bond acceptors (Lipinski definition) is 3. The third-order valence-corrected chi connectivity index (χ3v) is 2.71. The topological polar surface area (TPSA) is 50.1 Å². The van der Waals surface area contributed by atoms with Crippen LogP contribution in [-0.2, 0) is 9.53 Å². The van der Waals surface area contributed by atoms with Crippen molar-refractivity contribution < 1.29 is 9.53 Å².